The fourth-order valence-corrected chi connectivity index (χ4v) is 4.61. The predicted octanol–water partition coefficient (Wildman–Crippen LogP) is 3.47. The van der Waals surface area contributed by atoms with Crippen molar-refractivity contribution in [2.45, 2.75) is 57.6 Å². The van der Waals surface area contributed by atoms with E-state index < -0.39 is 0 Å². The highest BCUT2D eigenvalue weighted by molar-refractivity contribution is 6.31. The highest BCUT2D eigenvalue weighted by atomic mass is 35.5. The van der Waals surface area contributed by atoms with Crippen LogP contribution in [-0.4, -0.2) is 39.2 Å². The SMILES string of the molecule is C[C@@H]1CC[C@H](O)[C@@H]([C@@H]2CCCCN2C(=O)c2cc(Cl)cn2C)C1. The molecule has 128 valence electrons. The Balaban J connectivity index is 1.83. The molecule has 5 heteroatoms. The van der Waals surface area contributed by atoms with Gasteiger partial charge in [-0.05, 0) is 50.5 Å². The molecule has 0 unspecified atom stereocenters. The number of halogens is 1. The van der Waals surface area contributed by atoms with Crippen molar-refractivity contribution in [3.8, 4) is 0 Å². The molecule has 1 saturated heterocycles. The molecule has 3 rings (SSSR count). The van der Waals surface area contributed by atoms with Crippen LogP contribution < -0.4 is 0 Å². The van der Waals surface area contributed by atoms with Crippen LogP contribution in [-0.2, 0) is 7.05 Å². The number of aryl methyl sites for hydroxylation is 1. The Morgan fingerprint density at radius 1 is 1.30 bits per heavy atom. The zero-order chi connectivity index (χ0) is 16.6. The van der Waals surface area contributed by atoms with Crippen molar-refractivity contribution in [1.29, 1.82) is 0 Å². The van der Waals surface area contributed by atoms with E-state index in [1.807, 2.05) is 11.9 Å². The second kappa shape index (κ2) is 6.86. The molecule has 0 aromatic carbocycles. The summed E-state index contributed by atoms with van der Waals surface area (Å²) in [7, 11) is 1.86. The van der Waals surface area contributed by atoms with Crippen molar-refractivity contribution in [1.82, 2.24) is 9.47 Å². The van der Waals surface area contributed by atoms with Crippen LogP contribution in [0.15, 0.2) is 12.3 Å². The summed E-state index contributed by atoms with van der Waals surface area (Å²) in [4.78, 5) is 15.0. The van der Waals surface area contributed by atoms with E-state index in [0.29, 0.717) is 16.6 Å². The van der Waals surface area contributed by atoms with Crippen LogP contribution in [0, 0.1) is 11.8 Å². The first-order valence-electron chi connectivity index (χ1n) is 8.78. The number of hydrogen-bond donors (Lipinski definition) is 1. The second-order valence-electron chi connectivity index (χ2n) is 7.37. The van der Waals surface area contributed by atoms with Crippen LogP contribution in [0.1, 0.15) is 55.9 Å². The van der Waals surface area contributed by atoms with Crippen LogP contribution in [0.4, 0.5) is 0 Å². The average Bonchev–Trinajstić information content (AvgIpc) is 2.87. The maximum Gasteiger partial charge on any atom is 0.270 e. The molecule has 1 aromatic heterocycles. The van der Waals surface area contributed by atoms with Gasteiger partial charge in [-0.2, -0.15) is 0 Å². The van der Waals surface area contributed by atoms with E-state index in [-0.39, 0.29) is 24.0 Å². The summed E-state index contributed by atoms with van der Waals surface area (Å²) in [6, 6.07) is 1.90. The zero-order valence-electron chi connectivity index (χ0n) is 14.0. The molecule has 1 aliphatic carbocycles. The Hall–Kier alpha value is -1.00. The van der Waals surface area contributed by atoms with Gasteiger partial charge < -0.3 is 14.6 Å². The quantitative estimate of drug-likeness (QED) is 0.897. The lowest BCUT2D eigenvalue weighted by Crippen LogP contribution is -2.52. The van der Waals surface area contributed by atoms with Crippen molar-refractivity contribution >= 4 is 17.5 Å². The van der Waals surface area contributed by atoms with Crippen molar-refractivity contribution in [3.05, 3.63) is 23.0 Å². The number of carbonyl (C=O) groups is 1. The monoisotopic (exact) mass is 338 g/mol. The van der Waals surface area contributed by atoms with Gasteiger partial charge in [0, 0.05) is 31.7 Å². The summed E-state index contributed by atoms with van der Waals surface area (Å²) in [5.41, 5.74) is 0.639. The van der Waals surface area contributed by atoms with Crippen LogP contribution in [0.5, 0.6) is 0 Å². The highest BCUT2D eigenvalue weighted by Gasteiger charge is 2.39. The molecule has 4 nitrogen and oxygen atoms in total. The largest absolute Gasteiger partial charge is 0.393 e. The Labute approximate surface area is 143 Å². The molecule has 0 radical (unpaired) electrons. The number of piperidine rings is 1. The van der Waals surface area contributed by atoms with E-state index in [1.165, 1.54) is 0 Å². The van der Waals surface area contributed by atoms with Crippen LogP contribution in [0.25, 0.3) is 0 Å². The van der Waals surface area contributed by atoms with E-state index in [0.717, 1.165) is 45.1 Å². The standard InChI is InChI=1S/C18H27ClN2O2/c1-12-6-7-17(22)14(9-12)15-5-3-4-8-21(15)18(23)16-10-13(19)11-20(16)2/h10-12,14-15,17,22H,3-9H2,1-2H3/t12-,14-,15+,17+/m1/s1. The molecule has 1 N–H and O–H groups in total. The summed E-state index contributed by atoms with van der Waals surface area (Å²) < 4.78 is 1.80. The molecule has 2 heterocycles. The first kappa shape index (κ1) is 16.8. The normalized spacial score (nSPS) is 32.1. The van der Waals surface area contributed by atoms with E-state index in [1.54, 1.807) is 16.8 Å². The van der Waals surface area contributed by atoms with Crippen molar-refractivity contribution in [2.24, 2.45) is 18.9 Å². The zero-order valence-corrected chi connectivity index (χ0v) is 14.8. The minimum absolute atomic E-state index is 0.0505. The third kappa shape index (κ3) is 3.43. The average molecular weight is 339 g/mol. The minimum atomic E-state index is -0.276. The van der Waals surface area contributed by atoms with Gasteiger partial charge >= 0.3 is 0 Å². The first-order chi connectivity index (χ1) is 11.0. The molecule has 4 atom stereocenters. The van der Waals surface area contributed by atoms with Crippen LogP contribution >= 0.6 is 11.6 Å². The van der Waals surface area contributed by atoms with Crippen molar-refractivity contribution in [2.75, 3.05) is 6.54 Å². The number of likely N-dealkylation sites (tertiary alicyclic amines) is 1. The molecule has 1 saturated carbocycles. The van der Waals surface area contributed by atoms with Gasteiger partial charge in [0.05, 0.1) is 11.1 Å². The lowest BCUT2D eigenvalue weighted by atomic mass is 9.74. The number of aromatic nitrogens is 1. The predicted molar refractivity (Wildman–Crippen MR) is 91.6 cm³/mol. The molecule has 0 bridgehead atoms. The van der Waals surface area contributed by atoms with Gasteiger partial charge in [0.2, 0.25) is 0 Å². The number of hydrogen-bond acceptors (Lipinski definition) is 2. The van der Waals surface area contributed by atoms with E-state index in [4.69, 9.17) is 11.6 Å². The molecule has 1 aliphatic heterocycles. The number of amides is 1. The summed E-state index contributed by atoms with van der Waals surface area (Å²) in [5.74, 6) is 0.889. The number of rotatable bonds is 2. The van der Waals surface area contributed by atoms with Gasteiger partial charge in [0.1, 0.15) is 5.69 Å². The molecule has 0 spiro atoms. The third-order valence-electron chi connectivity index (χ3n) is 5.62. The highest BCUT2D eigenvalue weighted by Crippen LogP contribution is 2.37. The molecular formula is C18H27ClN2O2. The maximum atomic E-state index is 13.0. The molecule has 1 aromatic rings. The van der Waals surface area contributed by atoms with Crippen molar-refractivity contribution in [3.63, 3.8) is 0 Å². The minimum Gasteiger partial charge on any atom is -0.393 e. The third-order valence-corrected chi connectivity index (χ3v) is 5.83. The lowest BCUT2D eigenvalue weighted by molar-refractivity contribution is -0.0124. The number of aliphatic hydroxyl groups excluding tert-OH is 1. The molecule has 2 fully saturated rings. The Bertz CT molecular complexity index is 571. The van der Waals surface area contributed by atoms with Gasteiger partial charge in [0.25, 0.3) is 5.91 Å². The van der Waals surface area contributed by atoms with Gasteiger partial charge in [-0.15, -0.1) is 0 Å². The fraction of sp³-hybridized carbons (Fsp3) is 0.722. The summed E-state index contributed by atoms with van der Waals surface area (Å²) in [6.45, 7) is 3.04. The van der Waals surface area contributed by atoms with Gasteiger partial charge in [-0.25, -0.2) is 0 Å². The van der Waals surface area contributed by atoms with Gasteiger partial charge in [0.15, 0.2) is 0 Å². The Morgan fingerprint density at radius 3 is 2.78 bits per heavy atom. The van der Waals surface area contributed by atoms with Crippen molar-refractivity contribution < 1.29 is 9.90 Å². The summed E-state index contributed by atoms with van der Waals surface area (Å²) >= 11 is 6.04. The lowest BCUT2D eigenvalue weighted by Gasteiger charge is -2.45. The van der Waals surface area contributed by atoms with Crippen LogP contribution in [0.3, 0.4) is 0 Å². The molecule has 23 heavy (non-hydrogen) atoms. The molecular weight excluding hydrogens is 312 g/mol. The van der Waals surface area contributed by atoms with E-state index in [9.17, 15) is 9.90 Å². The summed E-state index contributed by atoms with van der Waals surface area (Å²) in [5, 5.41) is 11.1. The number of aliphatic hydroxyl groups is 1. The molecule has 1 amide bonds. The topological polar surface area (TPSA) is 45.5 Å². The number of nitrogens with zero attached hydrogens (tertiary/aromatic N) is 2. The molecule has 2 aliphatic rings. The first-order valence-corrected chi connectivity index (χ1v) is 9.16. The van der Waals surface area contributed by atoms with Gasteiger partial charge in [-0.3, -0.25) is 4.79 Å². The summed E-state index contributed by atoms with van der Waals surface area (Å²) in [6.07, 6.45) is 7.64. The van der Waals surface area contributed by atoms with E-state index >= 15 is 0 Å². The smallest absolute Gasteiger partial charge is 0.270 e. The fourth-order valence-electron chi connectivity index (χ4n) is 4.36. The van der Waals surface area contributed by atoms with Gasteiger partial charge in [-0.1, -0.05) is 18.5 Å². The van der Waals surface area contributed by atoms with Crippen LogP contribution in [0.2, 0.25) is 5.02 Å². The Morgan fingerprint density at radius 2 is 2.09 bits per heavy atom. The van der Waals surface area contributed by atoms with E-state index in [2.05, 4.69) is 6.92 Å². The maximum absolute atomic E-state index is 13.0. The Kier molecular flexibility index (Phi) is 5.02. The second-order valence-corrected chi connectivity index (χ2v) is 7.80. The number of carbonyl (C=O) groups excluding carboxylic acids is 1.